The average molecular weight is 709 g/mol. The minimum atomic E-state index is -1.60. The molecule has 1 aliphatic rings. The molecule has 0 saturated carbocycles. The Morgan fingerprint density at radius 2 is 1.14 bits per heavy atom. The maximum Gasteiger partial charge on any atom is 0.306 e. The van der Waals surface area contributed by atoms with Crippen LogP contribution in [0.5, 0.6) is 0 Å². The maximum atomic E-state index is 12.7. The number of carbonyl (C=O) groups excluding carboxylic acids is 2. The van der Waals surface area contributed by atoms with Gasteiger partial charge in [0.15, 0.2) is 12.4 Å². The number of rotatable bonds is 30. The van der Waals surface area contributed by atoms with Crippen molar-refractivity contribution in [3.05, 3.63) is 48.6 Å². The number of aliphatic hydroxyl groups is 4. The first-order valence-electron chi connectivity index (χ1n) is 19.2. The van der Waals surface area contributed by atoms with Gasteiger partial charge in [0.05, 0.1) is 13.2 Å². The van der Waals surface area contributed by atoms with E-state index in [1.165, 1.54) is 44.9 Å². The first kappa shape index (κ1) is 45.7. The summed E-state index contributed by atoms with van der Waals surface area (Å²) in [5, 5.41) is 39.8. The van der Waals surface area contributed by atoms with Gasteiger partial charge in [-0.15, -0.1) is 0 Å². The fraction of sp³-hybridized carbons (Fsp3) is 0.750. The van der Waals surface area contributed by atoms with Gasteiger partial charge in [-0.1, -0.05) is 120 Å². The number of aliphatic hydroxyl groups excluding tert-OH is 4. The van der Waals surface area contributed by atoms with Crippen LogP contribution in [0.25, 0.3) is 0 Å². The molecule has 0 aliphatic carbocycles. The van der Waals surface area contributed by atoms with Gasteiger partial charge in [0.25, 0.3) is 0 Å². The molecule has 10 nitrogen and oxygen atoms in total. The van der Waals surface area contributed by atoms with Gasteiger partial charge in [0, 0.05) is 12.8 Å². The molecular formula is C40H68O10. The Morgan fingerprint density at radius 3 is 1.74 bits per heavy atom. The number of hydrogen-bond acceptors (Lipinski definition) is 10. The van der Waals surface area contributed by atoms with Crippen molar-refractivity contribution >= 4 is 11.9 Å². The Labute approximate surface area is 301 Å². The third-order valence-electron chi connectivity index (χ3n) is 8.47. The van der Waals surface area contributed by atoms with Crippen molar-refractivity contribution in [3.8, 4) is 0 Å². The lowest BCUT2D eigenvalue weighted by atomic mass is 9.99. The molecule has 0 aromatic carbocycles. The van der Waals surface area contributed by atoms with E-state index in [9.17, 15) is 30.0 Å². The molecule has 1 aliphatic heterocycles. The molecule has 0 aromatic rings. The molecule has 50 heavy (non-hydrogen) atoms. The molecule has 0 amide bonds. The highest BCUT2D eigenvalue weighted by atomic mass is 16.7. The summed E-state index contributed by atoms with van der Waals surface area (Å²) in [4.78, 5) is 25.1. The van der Waals surface area contributed by atoms with E-state index in [4.69, 9.17) is 18.9 Å². The molecule has 1 fully saturated rings. The molecule has 10 heteroatoms. The summed E-state index contributed by atoms with van der Waals surface area (Å²) in [7, 11) is 0. The van der Waals surface area contributed by atoms with E-state index >= 15 is 0 Å². The lowest BCUT2D eigenvalue weighted by Gasteiger charge is -2.39. The van der Waals surface area contributed by atoms with Gasteiger partial charge in [0.2, 0.25) is 0 Å². The van der Waals surface area contributed by atoms with Crippen LogP contribution in [0.4, 0.5) is 0 Å². The lowest BCUT2D eigenvalue weighted by Crippen LogP contribution is -2.59. The topological polar surface area (TPSA) is 152 Å². The number of esters is 2. The first-order valence-corrected chi connectivity index (χ1v) is 19.2. The van der Waals surface area contributed by atoms with Crippen LogP contribution >= 0.6 is 0 Å². The number of unbranched alkanes of at least 4 members (excludes halogenated alkanes) is 11. The minimum absolute atomic E-state index is 0.154. The fourth-order valence-electron chi connectivity index (χ4n) is 5.35. The number of hydrogen-bond donors (Lipinski definition) is 4. The molecule has 1 heterocycles. The zero-order valence-electron chi connectivity index (χ0n) is 30.9. The third-order valence-corrected chi connectivity index (χ3v) is 8.47. The third kappa shape index (κ3) is 23.2. The summed E-state index contributed by atoms with van der Waals surface area (Å²) >= 11 is 0. The fourth-order valence-corrected chi connectivity index (χ4v) is 5.35. The minimum Gasteiger partial charge on any atom is -0.462 e. The normalized spacial score (nSPS) is 21.9. The average Bonchev–Trinajstić information content (AvgIpc) is 3.11. The van der Waals surface area contributed by atoms with Crippen molar-refractivity contribution in [1.82, 2.24) is 0 Å². The van der Waals surface area contributed by atoms with Gasteiger partial charge in [-0.2, -0.15) is 0 Å². The smallest absolute Gasteiger partial charge is 0.306 e. The highest BCUT2D eigenvalue weighted by molar-refractivity contribution is 5.70. The zero-order chi connectivity index (χ0) is 36.7. The number of allylic oxidation sites excluding steroid dienone is 8. The molecular weight excluding hydrogens is 640 g/mol. The zero-order valence-corrected chi connectivity index (χ0v) is 30.9. The van der Waals surface area contributed by atoms with Crippen LogP contribution in [0, 0.1) is 0 Å². The second kappa shape index (κ2) is 31.4. The standard InChI is InChI=1S/C40H68O10/c1-3-5-7-9-11-13-14-15-16-17-18-19-20-21-23-25-27-29-36(43)49-33(31-47-35(42)28-26-24-22-12-10-8-6-4-2)32-48-40-39(46)38(45)37(44)34(30-41)50-40/h11,13,15-16,18-19,21,23,33-34,37-41,44-46H,3-10,12,14,17,20,22,24-32H2,1-2H3/b13-11+,16-15+,19-18+,23-21+/t33-,34-,37+,38?,39?,40-/m1/s1. The van der Waals surface area contributed by atoms with Crippen LogP contribution in [0.1, 0.15) is 136 Å². The molecule has 1 rings (SSSR count). The Kier molecular flexibility index (Phi) is 28.7. The van der Waals surface area contributed by atoms with E-state index in [2.05, 4.69) is 56.4 Å². The highest BCUT2D eigenvalue weighted by Gasteiger charge is 2.44. The summed E-state index contributed by atoms with van der Waals surface area (Å²) in [6, 6.07) is 0. The van der Waals surface area contributed by atoms with Crippen molar-refractivity contribution in [3.63, 3.8) is 0 Å². The predicted octanol–water partition coefficient (Wildman–Crippen LogP) is 6.93. The van der Waals surface area contributed by atoms with E-state index < -0.39 is 55.4 Å². The lowest BCUT2D eigenvalue weighted by molar-refractivity contribution is -0.305. The summed E-state index contributed by atoms with van der Waals surface area (Å²) in [5.74, 6) is -0.882. The second-order valence-corrected chi connectivity index (χ2v) is 13.0. The molecule has 0 bridgehead atoms. The van der Waals surface area contributed by atoms with Crippen LogP contribution in [-0.2, 0) is 28.5 Å². The van der Waals surface area contributed by atoms with Gasteiger partial charge in [-0.25, -0.2) is 0 Å². The molecule has 0 radical (unpaired) electrons. The molecule has 0 spiro atoms. The van der Waals surface area contributed by atoms with Crippen LogP contribution in [0.3, 0.4) is 0 Å². The van der Waals surface area contributed by atoms with Crippen molar-refractivity contribution in [2.75, 3.05) is 19.8 Å². The van der Waals surface area contributed by atoms with Crippen molar-refractivity contribution in [2.45, 2.75) is 173 Å². The van der Waals surface area contributed by atoms with E-state index in [1.54, 1.807) is 0 Å². The van der Waals surface area contributed by atoms with E-state index in [1.807, 2.05) is 6.08 Å². The van der Waals surface area contributed by atoms with Crippen LogP contribution in [0.2, 0.25) is 0 Å². The molecule has 288 valence electrons. The Morgan fingerprint density at radius 1 is 0.620 bits per heavy atom. The number of ether oxygens (including phenoxy) is 4. The second-order valence-electron chi connectivity index (χ2n) is 13.0. The van der Waals surface area contributed by atoms with Crippen molar-refractivity contribution in [1.29, 1.82) is 0 Å². The largest absolute Gasteiger partial charge is 0.462 e. The molecule has 0 aromatic heterocycles. The van der Waals surface area contributed by atoms with E-state index in [-0.39, 0.29) is 26.1 Å². The Bertz CT molecular complexity index is 960. The van der Waals surface area contributed by atoms with E-state index in [0.29, 0.717) is 12.8 Å². The Hall–Kier alpha value is -2.34. The van der Waals surface area contributed by atoms with Crippen molar-refractivity contribution in [2.24, 2.45) is 0 Å². The SMILES string of the molecule is CCCCC/C=C/C/C=C/C/C=C/C/C=C/CCCC(=O)O[C@H](COC(=O)CCCCCCCCCC)CO[C@@H]1O[C@H](CO)[C@H](O)C(O)C1O. The van der Waals surface area contributed by atoms with Gasteiger partial charge >= 0.3 is 11.9 Å². The Balaban J connectivity index is 2.44. The van der Waals surface area contributed by atoms with Gasteiger partial charge < -0.3 is 39.4 Å². The van der Waals surface area contributed by atoms with Crippen molar-refractivity contribution < 1.29 is 49.0 Å². The highest BCUT2D eigenvalue weighted by Crippen LogP contribution is 2.22. The molecule has 2 unspecified atom stereocenters. The summed E-state index contributed by atoms with van der Waals surface area (Å²) in [6.07, 6.45) is 27.1. The molecule has 4 N–H and O–H groups in total. The predicted molar refractivity (Wildman–Crippen MR) is 196 cm³/mol. The van der Waals surface area contributed by atoms with Crippen LogP contribution in [-0.4, -0.2) is 89.0 Å². The summed E-state index contributed by atoms with van der Waals surface area (Å²) in [6.45, 7) is 3.27. The monoisotopic (exact) mass is 708 g/mol. The van der Waals surface area contributed by atoms with E-state index in [0.717, 1.165) is 51.4 Å². The van der Waals surface area contributed by atoms with Crippen LogP contribution in [0.15, 0.2) is 48.6 Å². The van der Waals surface area contributed by atoms with Gasteiger partial charge in [-0.3, -0.25) is 9.59 Å². The van der Waals surface area contributed by atoms with Gasteiger partial charge in [0.1, 0.15) is 31.0 Å². The molecule has 6 atom stereocenters. The van der Waals surface area contributed by atoms with Gasteiger partial charge in [-0.05, 0) is 51.4 Å². The quantitative estimate of drug-likeness (QED) is 0.0351. The summed E-state index contributed by atoms with van der Waals surface area (Å²) < 4.78 is 21.9. The molecule has 1 saturated heterocycles. The summed E-state index contributed by atoms with van der Waals surface area (Å²) in [5.41, 5.74) is 0. The number of carbonyl (C=O) groups is 2. The maximum absolute atomic E-state index is 12.7. The van der Waals surface area contributed by atoms with Crippen LogP contribution < -0.4 is 0 Å². The first-order chi connectivity index (χ1) is 24.3.